The molecule has 0 nitrogen and oxygen atoms in total. The lowest BCUT2D eigenvalue weighted by molar-refractivity contribution is 0.0891. The summed E-state index contributed by atoms with van der Waals surface area (Å²) in [5.41, 5.74) is 4.37. The van der Waals surface area contributed by atoms with Crippen LogP contribution in [0, 0.1) is 151 Å². The highest BCUT2D eigenvalue weighted by atomic mass is 14.5. The van der Waals surface area contributed by atoms with Gasteiger partial charge in [-0.1, -0.05) is 232 Å². The molecule has 0 aromatic carbocycles. The zero-order valence-corrected chi connectivity index (χ0v) is 63.8. The smallest absolute Gasteiger partial charge is 0.0297 e. The van der Waals surface area contributed by atoms with Gasteiger partial charge in [0.25, 0.3) is 0 Å². The van der Waals surface area contributed by atoms with Crippen LogP contribution in [0.2, 0.25) is 0 Å². The van der Waals surface area contributed by atoms with Crippen molar-refractivity contribution in [2.75, 3.05) is 0 Å². The molecule has 0 radical (unpaired) electrons. The fraction of sp³-hybridized carbons (Fsp3) is 1.00. The summed E-state index contributed by atoms with van der Waals surface area (Å²) >= 11 is 0. The summed E-state index contributed by atoms with van der Waals surface area (Å²) in [5, 5.41) is 0. The number of hydrogen-bond acceptors (Lipinski definition) is 0. The van der Waals surface area contributed by atoms with Crippen LogP contribution in [0.5, 0.6) is 0 Å². The summed E-state index contributed by atoms with van der Waals surface area (Å²) < 4.78 is 0. The van der Waals surface area contributed by atoms with Crippen LogP contribution < -0.4 is 0 Å². The van der Waals surface area contributed by atoms with Gasteiger partial charge in [0.1, 0.15) is 0 Å². The zero-order valence-electron chi connectivity index (χ0n) is 63.8. The molecule has 0 aliphatic heterocycles. The Hall–Kier alpha value is 0. The van der Waals surface area contributed by atoms with Gasteiger partial charge in [-0.05, 0) is 305 Å². The van der Waals surface area contributed by atoms with E-state index in [9.17, 15) is 0 Å². The van der Waals surface area contributed by atoms with Crippen molar-refractivity contribution in [1.29, 1.82) is 0 Å². The first-order chi connectivity index (χ1) is 38.8. The van der Waals surface area contributed by atoms with Crippen molar-refractivity contribution in [3.8, 4) is 0 Å². The Labute approximate surface area is 534 Å². The van der Waals surface area contributed by atoms with Crippen LogP contribution in [0.4, 0.5) is 0 Å². The topological polar surface area (TPSA) is 0 Å². The van der Waals surface area contributed by atoms with Gasteiger partial charge in [-0.25, -0.2) is 0 Å². The van der Waals surface area contributed by atoms with Crippen molar-refractivity contribution in [1.82, 2.24) is 0 Å². The number of rotatable bonds is 6. The lowest BCUT2D eigenvalue weighted by Crippen LogP contribution is -2.31. The predicted molar refractivity (Wildman–Crippen MR) is 382 cm³/mol. The molecule has 8 unspecified atom stereocenters. The molecule has 11 atom stereocenters. The van der Waals surface area contributed by atoms with Gasteiger partial charge in [0, 0.05) is 0 Å². The van der Waals surface area contributed by atoms with E-state index in [-0.39, 0.29) is 0 Å². The Morgan fingerprint density at radius 3 is 0.726 bits per heavy atom. The quantitative estimate of drug-likeness (QED) is 0.249. The van der Waals surface area contributed by atoms with Gasteiger partial charge >= 0.3 is 0 Å². The van der Waals surface area contributed by atoms with Gasteiger partial charge < -0.3 is 0 Å². The maximum atomic E-state index is 2.44. The van der Waals surface area contributed by atoms with Crippen LogP contribution in [0.25, 0.3) is 0 Å². The maximum Gasteiger partial charge on any atom is -0.0297 e. The first-order valence-electron chi connectivity index (χ1n) is 38.8. The summed E-state index contributed by atoms with van der Waals surface area (Å²) in [6.45, 7) is 65.5. The van der Waals surface area contributed by atoms with Crippen molar-refractivity contribution >= 4 is 0 Å². The van der Waals surface area contributed by atoms with E-state index in [1.54, 1.807) is 19.3 Å². The molecule has 84 heavy (non-hydrogen) atoms. The summed E-state index contributed by atoms with van der Waals surface area (Å²) in [5.74, 6) is 21.1. The Morgan fingerprint density at radius 2 is 0.690 bits per heavy atom. The second kappa shape index (κ2) is 35.2. The second-order valence-corrected chi connectivity index (χ2v) is 38.4. The molecule has 14 aliphatic rings. The van der Waals surface area contributed by atoms with E-state index in [4.69, 9.17) is 0 Å². The molecular weight excluding hydrogens is 1010 g/mol. The Balaban J connectivity index is 0.000000240. The van der Waals surface area contributed by atoms with Gasteiger partial charge in [-0.3, -0.25) is 0 Å². The third kappa shape index (κ3) is 28.7. The molecular formula is C84H164. The predicted octanol–water partition coefficient (Wildman–Crippen LogP) is 28.5. The summed E-state index contributed by atoms with van der Waals surface area (Å²) in [6.07, 6.45) is 44.2. The first kappa shape index (κ1) is 78.2. The van der Waals surface area contributed by atoms with Crippen LogP contribution in [-0.4, -0.2) is 0 Å². The van der Waals surface area contributed by atoms with E-state index in [0.29, 0.717) is 21.7 Å². The van der Waals surface area contributed by atoms with Crippen LogP contribution in [-0.2, 0) is 0 Å². The minimum atomic E-state index is 0.681. The van der Waals surface area contributed by atoms with Crippen LogP contribution >= 0.6 is 0 Å². The van der Waals surface area contributed by atoms with Crippen molar-refractivity contribution in [2.24, 2.45) is 151 Å². The van der Waals surface area contributed by atoms with Crippen molar-refractivity contribution in [3.05, 3.63) is 0 Å². The van der Waals surface area contributed by atoms with Gasteiger partial charge in [0.2, 0.25) is 0 Å². The largest absolute Gasteiger partial charge is 0.0651 e. The van der Waals surface area contributed by atoms with E-state index >= 15 is 0 Å². The van der Waals surface area contributed by atoms with Crippen LogP contribution in [0.15, 0.2) is 0 Å². The molecule has 0 aromatic heterocycles. The maximum absolute atomic E-state index is 2.44. The standard InChI is InChI=1S/2C7H12.10C7H14/c1-7(4-5-7)6-2-3-6;1-5-4-7(5)6-2-3-6;2*1-6-4-7(2,3)5-6;2*1-6-4-5-7(6,2)3;2*1-5-4-6(2)7(5)3;2*1-3-7-4-6(2)5-7;1-3-7(2)5-4-6-7;1-3-7-5-4-6(7)2/h6H,2-5H2,1H3;5-7H,2-4H2,1H3;4*6H,4-5H2,1-3H3;2*5-7H,4H2,1-3H3;2*6-7H,3-5H2,1-2H3;3-6H2,1-2H3;6-7H,3-5H2,1-2H3/t;5-,7?;;;6-;;5-,6?,7?;;;;;/m.0..0.0...../s1. The van der Waals surface area contributed by atoms with Gasteiger partial charge in [0.15, 0.2) is 0 Å². The molecule has 0 N–H and O–H groups in total. The highest BCUT2D eigenvalue weighted by Crippen LogP contribution is 2.61. The number of hydrogen-bond donors (Lipinski definition) is 0. The molecule has 0 saturated heterocycles. The zero-order chi connectivity index (χ0) is 63.8. The SMILES string of the molecule is CC1(C2CC2)CC1.CC1CC(C)(C)C1.CC1CC(C)(C)C1.CC1CC(C)C1C.CC1CCC1(C)C.CC1C[C@H](C)C1C.CCC1(C)CCC1.CCC1CC(C)C1.CCC1CC(C)C1.CCC1CCC1C.C[C@H]1CC1C1CC1.C[C@H]1CCC1(C)C. The molecule has 14 saturated carbocycles. The van der Waals surface area contributed by atoms with E-state index < -0.39 is 0 Å². The average molecular weight is 1170 g/mol. The lowest BCUT2D eigenvalue weighted by atomic mass is 9.64. The van der Waals surface area contributed by atoms with Gasteiger partial charge in [-0.15, -0.1) is 0 Å². The van der Waals surface area contributed by atoms with Crippen molar-refractivity contribution in [3.63, 3.8) is 0 Å². The minimum Gasteiger partial charge on any atom is -0.0651 e. The molecule has 14 fully saturated rings. The molecule has 0 spiro atoms. The summed E-state index contributed by atoms with van der Waals surface area (Å²) in [7, 11) is 0. The van der Waals surface area contributed by atoms with E-state index in [1.165, 1.54) is 185 Å². The fourth-order valence-corrected chi connectivity index (χ4v) is 16.6. The minimum absolute atomic E-state index is 0.681. The first-order valence-corrected chi connectivity index (χ1v) is 38.8. The highest BCUT2D eigenvalue weighted by Gasteiger charge is 2.49. The van der Waals surface area contributed by atoms with Crippen molar-refractivity contribution < 1.29 is 0 Å². The Morgan fingerprint density at radius 1 is 0.333 bits per heavy atom. The molecule has 14 aliphatic carbocycles. The monoisotopic (exact) mass is 1170 g/mol. The van der Waals surface area contributed by atoms with Gasteiger partial charge in [-0.2, -0.15) is 0 Å². The third-order valence-electron chi connectivity index (χ3n) is 27.6. The van der Waals surface area contributed by atoms with Gasteiger partial charge in [0.05, 0.1) is 0 Å². The van der Waals surface area contributed by atoms with E-state index in [2.05, 4.69) is 194 Å². The molecule has 0 heterocycles. The highest BCUT2D eigenvalue weighted by molar-refractivity contribution is 5.00. The molecule has 14 rings (SSSR count). The second-order valence-electron chi connectivity index (χ2n) is 38.4. The third-order valence-corrected chi connectivity index (χ3v) is 27.6. The molecule has 0 bridgehead atoms. The Bertz CT molecular complexity index is 1570. The normalized spacial score (nSPS) is 39.0. The summed E-state index contributed by atoms with van der Waals surface area (Å²) in [4.78, 5) is 0. The van der Waals surface area contributed by atoms with E-state index in [1.807, 2.05) is 0 Å². The molecule has 500 valence electrons. The summed E-state index contributed by atoms with van der Waals surface area (Å²) in [6, 6.07) is 0. The fourth-order valence-electron chi connectivity index (χ4n) is 16.6. The lowest BCUT2D eigenvalue weighted by Gasteiger charge is -2.42. The molecule has 0 heteroatoms. The average Bonchev–Trinajstić information content (AvgIpc) is 4.18. The van der Waals surface area contributed by atoms with Crippen LogP contribution in [0.1, 0.15) is 386 Å². The molecule has 0 aromatic rings. The van der Waals surface area contributed by atoms with Crippen molar-refractivity contribution in [2.45, 2.75) is 386 Å². The van der Waals surface area contributed by atoms with E-state index in [0.717, 1.165) is 117 Å². The molecule has 0 amide bonds. The Kier molecular flexibility index (Phi) is 32.7. The van der Waals surface area contributed by atoms with Crippen LogP contribution in [0.3, 0.4) is 0 Å².